The Balaban J connectivity index is 1.69. The van der Waals surface area contributed by atoms with E-state index >= 15 is 0 Å². The minimum Gasteiger partial charge on any atom is -0.422 e. The molecule has 0 aromatic heterocycles. The molecule has 0 fully saturated rings. The number of nitrogens with zero attached hydrogens (tertiary/aromatic N) is 2. The first-order chi connectivity index (χ1) is 16.6. The van der Waals surface area contributed by atoms with Crippen molar-refractivity contribution < 1.29 is 24.0 Å². The number of anilines is 1. The Labute approximate surface area is 200 Å². The minimum atomic E-state index is -0.969. The highest BCUT2D eigenvalue weighted by Crippen LogP contribution is 2.21. The van der Waals surface area contributed by atoms with Gasteiger partial charge in [0.15, 0.2) is 0 Å². The molecule has 0 bridgehead atoms. The molecule has 0 aliphatic heterocycles. The predicted octanol–water partition coefficient (Wildman–Crippen LogP) is 3.91. The standard InChI is InChI=1S/C25H22N4O6/c1-15-12-16(2)14-19(13-15)26-23(30)24(31)28-27-17(3)21-6-4-5-7-22(21)35-25(32)18-8-10-20(11-9-18)29(33)34/h4-14H,1-3H3,(H,26,30)(H,28,31). The van der Waals surface area contributed by atoms with Crippen molar-refractivity contribution >= 4 is 34.9 Å². The molecule has 0 saturated carbocycles. The summed E-state index contributed by atoms with van der Waals surface area (Å²) < 4.78 is 5.43. The number of rotatable bonds is 6. The number of aryl methyl sites for hydroxylation is 2. The van der Waals surface area contributed by atoms with Crippen LogP contribution in [0.3, 0.4) is 0 Å². The first-order valence-electron chi connectivity index (χ1n) is 10.4. The number of hydrogen-bond donors (Lipinski definition) is 2. The average Bonchev–Trinajstić information content (AvgIpc) is 2.82. The Morgan fingerprint density at radius 3 is 2.17 bits per heavy atom. The molecule has 0 saturated heterocycles. The van der Waals surface area contributed by atoms with Gasteiger partial charge in [-0.3, -0.25) is 19.7 Å². The third kappa shape index (κ3) is 6.57. The largest absolute Gasteiger partial charge is 0.422 e. The van der Waals surface area contributed by atoms with Gasteiger partial charge in [0.25, 0.3) is 5.69 Å². The van der Waals surface area contributed by atoms with Gasteiger partial charge in [-0.05, 0) is 68.3 Å². The van der Waals surface area contributed by atoms with Crippen LogP contribution in [-0.4, -0.2) is 28.4 Å². The lowest BCUT2D eigenvalue weighted by Crippen LogP contribution is -2.33. The molecule has 3 aromatic carbocycles. The van der Waals surface area contributed by atoms with Crippen molar-refractivity contribution in [2.75, 3.05) is 5.32 Å². The zero-order valence-electron chi connectivity index (χ0n) is 19.2. The SMILES string of the molecule is CC(=NNC(=O)C(=O)Nc1cc(C)cc(C)c1)c1ccccc1OC(=O)c1ccc([N+](=O)[O-])cc1. The van der Waals surface area contributed by atoms with E-state index in [1.54, 1.807) is 37.3 Å². The second kappa shape index (κ2) is 10.8. The Morgan fingerprint density at radius 2 is 1.54 bits per heavy atom. The zero-order valence-corrected chi connectivity index (χ0v) is 19.2. The van der Waals surface area contributed by atoms with E-state index in [2.05, 4.69) is 15.8 Å². The van der Waals surface area contributed by atoms with Crippen LogP contribution in [0, 0.1) is 24.0 Å². The fourth-order valence-electron chi connectivity index (χ4n) is 3.21. The summed E-state index contributed by atoms with van der Waals surface area (Å²) in [6.07, 6.45) is 0. The summed E-state index contributed by atoms with van der Waals surface area (Å²) in [5, 5.41) is 17.3. The molecule has 0 unspecified atom stereocenters. The molecule has 3 rings (SSSR count). The molecule has 0 spiro atoms. The summed E-state index contributed by atoms with van der Waals surface area (Å²) in [6.45, 7) is 5.32. The van der Waals surface area contributed by atoms with Crippen molar-refractivity contribution in [1.29, 1.82) is 0 Å². The van der Waals surface area contributed by atoms with Gasteiger partial charge in [-0.2, -0.15) is 5.10 Å². The van der Waals surface area contributed by atoms with E-state index in [-0.39, 0.29) is 22.7 Å². The van der Waals surface area contributed by atoms with Crippen molar-refractivity contribution in [3.63, 3.8) is 0 Å². The second-order valence-corrected chi connectivity index (χ2v) is 7.66. The van der Waals surface area contributed by atoms with Crippen LogP contribution >= 0.6 is 0 Å². The molecule has 2 amide bonds. The Bertz CT molecular complexity index is 1310. The lowest BCUT2D eigenvalue weighted by atomic mass is 10.1. The molecular formula is C25H22N4O6. The Morgan fingerprint density at radius 1 is 0.914 bits per heavy atom. The highest BCUT2D eigenvalue weighted by atomic mass is 16.6. The van der Waals surface area contributed by atoms with Crippen LogP contribution in [0.1, 0.15) is 34.0 Å². The molecule has 0 radical (unpaired) electrons. The number of carbonyl (C=O) groups excluding carboxylic acids is 3. The molecule has 0 aliphatic carbocycles. The predicted molar refractivity (Wildman–Crippen MR) is 129 cm³/mol. The molecule has 35 heavy (non-hydrogen) atoms. The van der Waals surface area contributed by atoms with Gasteiger partial charge in [0.1, 0.15) is 5.75 Å². The van der Waals surface area contributed by atoms with Crippen molar-refractivity contribution in [3.8, 4) is 5.75 Å². The molecule has 0 atom stereocenters. The van der Waals surface area contributed by atoms with Crippen molar-refractivity contribution in [3.05, 3.63) is 99.1 Å². The molecule has 0 heterocycles. The highest BCUT2D eigenvalue weighted by Gasteiger charge is 2.17. The van der Waals surface area contributed by atoms with Gasteiger partial charge in [-0.15, -0.1) is 0 Å². The van der Waals surface area contributed by atoms with Crippen LogP contribution < -0.4 is 15.5 Å². The van der Waals surface area contributed by atoms with Crippen molar-refractivity contribution in [1.82, 2.24) is 5.43 Å². The number of carbonyl (C=O) groups is 3. The molecule has 2 N–H and O–H groups in total. The van der Waals surface area contributed by atoms with Gasteiger partial charge in [0.05, 0.1) is 16.2 Å². The van der Waals surface area contributed by atoms with Crippen molar-refractivity contribution in [2.24, 2.45) is 5.10 Å². The van der Waals surface area contributed by atoms with E-state index in [4.69, 9.17) is 4.74 Å². The summed E-state index contributed by atoms with van der Waals surface area (Å²) in [7, 11) is 0. The number of hydrazone groups is 1. The highest BCUT2D eigenvalue weighted by molar-refractivity contribution is 6.39. The fourth-order valence-corrected chi connectivity index (χ4v) is 3.21. The number of esters is 1. The first kappa shape index (κ1) is 24.8. The first-order valence-corrected chi connectivity index (χ1v) is 10.4. The number of para-hydroxylation sites is 1. The minimum absolute atomic E-state index is 0.122. The summed E-state index contributed by atoms with van der Waals surface area (Å²) in [6, 6.07) is 16.9. The average molecular weight is 474 g/mol. The maximum absolute atomic E-state index is 12.5. The molecular weight excluding hydrogens is 452 g/mol. The molecule has 10 nitrogen and oxygen atoms in total. The number of non-ortho nitro benzene ring substituents is 1. The summed E-state index contributed by atoms with van der Waals surface area (Å²) >= 11 is 0. The van der Waals surface area contributed by atoms with Crippen LogP contribution in [0.2, 0.25) is 0 Å². The van der Waals surface area contributed by atoms with E-state index < -0.39 is 22.7 Å². The number of benzene rings is 3. The number of ether oxygens (including phenoxy) is 1. The van der Waals surface area contributed by atoms with E-state index in [0.717, 1.165) is 11.1 Å². The number of nitro benzene ring substituents is 1. The van der Waals surface area contributed by atoms with Crippen LogP contribution in [0.5, 0.6) is 5.75 Å². The smallest absolute Gasteiger partial charge is 0.343 e. The quantitative estimate of drug-likeness (QED) is 0.139. The van der Waals surface area contributed by atoms with Crippen LogP contribution in [0.25, 0.3) is 0 Å². The van der Waals surface area contributed by atoms with E-state index in [1.807, 2.05) is 19.9 Å². The van der Waals surface area contributed by atoms with Gasteiger partial charge in [-0.25, -0.2) is 10.2 Å². The maximum atomic E-state index is 12.5. The van der Waals surface area contributed by atoms with Gasteiger partial charge >= 0.3 is 17.8 Å². The van der Waals surface area contributed by atoms with Gasteiger partial charge in [-0.1, -0.05) is 18.2 Å². The molecule has 10 heteroatoms. The van der Waals surface area contributed by atoms with Crippen LogP contribution in [-0.2, 0) is 9.59 Å². The van der Waals surface area contributed by atoms with Crippen molar-refractivity contribution in [2.45, 2.75) is 20.8 Å². The van der Waals surface area contributed by atoms with Gasteiger partial charge < -0.3 is 10.1 Å². The third-order valence-corrected chi connectivity index (χ3v) is 4.80. The van der Waals surface area contributed by atoms with E-state index in [0.29, 0.717) is 11.3 Å². The van der Waals surface area contributed by atoms with Crippen LogP contribution in [0.15, 0.2) is 71.8 Å². The molecule has 178 valence electrons. The summed E-state index contributed by atoms with van der Waals surface area (Å²) in [5.74, 6) is -2.42. The number of amides is 2. The normalized spacial score (nSPS) is 10.9. The topological polar surface area (TPSA) is 140 Å². The Kier molecular flexibility index (Phi) is 7.67. The monoisotopic (exact) mass is 474 g/mol. The molecule has 3 aromatic rings. The maximum Gasteiger partial charge on any atom is 0.343 e. The fraction of sp³-hybridized carbons (Fsp3) is 0.120. The zero-order chi connectivity index (χ0) is 25.5. The number of hydrogen-bond acceptors (Lipinski definition) is 7. The van der Waals surface area contributed by atoms with Crippen LogP contribution in [0.4, 0.5) is 11.4 Å². The summed E-state index contributed by atoms with van der Waals surface area (Å²) in [5.41, 5.74) is 5.22. The number of nitrogens with one attached hydrogen (secondary N) is 2. The lowest BCUT2D eigenvalue weighted by Gasteiger charge is -2.10. The lowest BCUT2D eigenvalue weighted by molar-refractivity contribution is -0.384. The summed E-state index contributed by atoms with van der Waals surface area (Å²) in [4.78, 5) is 47.1. The van der Waals surface area contributed by atoms with Gasteiger partial charge in [0.2, 0.25) is 0 Å². The van der Waals surface area contributed by atoms with Gasteiger partial charge in [0, 0.05) is 23.4 Å². The molecule has 0 aliphatic rings. The van der Waals surface area contributed by atoms with E-state index in [9.17, 15) is 24.5 Å². The number of nitro groups is 1. The second-order valence-electron chi connectivity index (χ2n) is 7.66. The van der Waals surface area contributed by atoms with E-state index in [1.165, 1.54) is 30.3 Å². The Hall–Kier alpha value is -4.86. The third-order valence-electron chi connectivity index (χ3n) is 4.80.